The Balaban J connectivity index is 2.07. The molecule has 118 valence electrons. The molecule has 1 aromatic heterocycles. The van der Waals surface area contributed by atoms with Gasteiger partial charge in [-0.3, -0.25) is 4.98 Å². The third-order valence-corrected chi connectivity index (χ3v) is 4.78. The van der Waals surface area contributed by atoms with E-state index in [1.54, 1.807) is 7.11 Å². The Labute approximate surface area is 148 Å². The number of aromatic nitrogens is 1. The zero-order chi connectivity index (χ0) is 16.4. The van der Waals surface area contributed by atoms with Gasteiger partial charge in [0, 0.05) is 11.5 Å². The summed E-state index contributed by atoms with van der Waals surface area (Å²) in [4.78, 5) is 4.58. The summed E-state index contributed by atoms with van der Waals surface area (Å²) in [5.41, 5.74) is 2.74. The zero-order valence-corrected chi connectivity index (χ0v) is 15.1. The molecule has 0 bridgehead atoms. The van der Waals surface area contributed by atoms with Crippen LogP contribution >= 0.6 is 27.5 Å². The molecule has 3 nitrogen and oxygen atoms in total. The van der Waals surface area contributed by atoms with Crippen LogP contribution in [-0.2, 0) is 6.61 Å². The summed E-state index contributed by atoms with van der Waals surface area (Å²) in [6.07, 6.45) is 0. The smallest absolute Gasteiger partial charge is 0.145 e. The van der Waals surface area contributed by atoms with Crippen molar-refractivity contribution in [2.24, 2.45) is 0 Å². The van der Waals surface area contributed by atoms with Crippen LogP contribution in [0.5, 0.6) is 11.5 Å². The quantitative estimate of drug-likeness (QED) is 0.583. The lowest BCUT2D eigenvalue weighted by atomic mass is 10.1. The lowest BCUT2D eigenvalue weighted by Crippen LogP contribution is -1.99. The van der Waals surface area contributed by atoms with Crippen LogP contribution in [0.2, 0.25) is 5.02 Å². The van der Waals surface area contributed by atoms with Crippen molar-refractivity contribution in [2.45, 2.75) is 13.5 Å². The number of halogens is 2. The summed E-state index contributed by atoms with van der Waals surface area (Å²) in [6, 6.07) is 13.7. The van der Waals surface area contributed by atoms with Gasteiger partial charge in [-0.15, -0.1) is 0 Å². The van der Waals surface area contributed by atoms with Crippen molar-refractivity contribution in [2.75, 3.05) is 7.11 Å². The molecule has 3 aromatic rings. The van der Waals surface area contributed by atoms with Crippen molar-refractivity contribution in [1.29, 1.82) is 0 Å². The van der Waals surface area contributed by atoms with E-state index in [4.69, 9.17) is 21.1 Å². The van der Waals surface area contributed by atoms with E-state index in [0.29, 0.717) is 17.4 Å². The lowest BCUT2D eigenvalue weighted by molar-refractivity contribution is 0.307. The fourth-order valence-corrected chi connectivity index (χ4v) is 3.01. The van der Waals surface area contributed by atoms with Gasteiger partial charge >= 0.3 is 0 Å². The van der Waals surface area contributed by atoms with Gasteiger partial charge in [0.15, 0.2) is 0 Å². The average Bonchev–Trinajstić information content (AvgIpc) is 2.56. The molecular weight excluding hydrogens is 378 g/mol. The van der Waals surface area contributed by atoms with E-state index in [2.05, 4.69) is 20.9 Å². The van der Waals surface area contributed by atoms with Gasteiger partial charge in [0.05, 0.1) is 27.8 Å². The number of hydrogen-bond acceptors (Lipinski definition) is 3. The van der Waals surface area contributed by atoms with Crippen molar-refractivity contribution in [3.05, 3.63) is 63.2 Å². The SMILES string of the molecule is COc1cc2nc(C)c(Br)c(OCc3ccccc3)c2cc1Cl. The number of benzene rings is 2. The molecule has 0 aliphatic heterocycles. The van der Waals surface area contributed by atoms with Crippen molar-refractivity contribution in [3.8, 4) is 11.5 Å². The fraction of sp³-hybridized carbons (Fsp3) is 0.167. The number of hydrogen-bond donors (Lipinski definition) is 0. The summed E-state index contributed by atoms with van der Waals surface area (Å²) in [5.74, 6) is 1.34. The minimum Gasteiger partial charge on any atom is -0.495 e. The third kappa shape index (κ3) is 3.28. The van der Waals surface area contributed by atoms with Crippen molar-refractivity contribution in [1.82, 2.24) is 4.98 Å². The highest BCUT2D eigenvalue weighted by Gasteiger charge is 2.15. The van der Waals surface area contributed by atoms with E-state index in [0.717, 1.165) is 32.4 Å². The zero-order valence-electron chi connectivity index (χ0n) is 12.8. The third-order valence-electron chi connectivity index (χ3n) is 3.55. The van der Waals surface area contributed by atoms with Crippen molar-refractivity contribution < 1.29 is 9.47 Å². The summed E-state index contributed by atoms with van der Waals surface area (Å²) >= 11 is 9.83. The molecule has 2 aromatic carbocycles. The predicted octanol–water partition coefficient (Wildman–Crippen LogP) is 5.55. The van der Waals surface area contributed by atoms with Crippen LogP contribution in [0.1, 0.15) is 11.3 Å². The number of pyridine rings is 1. The molecule has 0 saturated heterocycles. The van der Waals surface area contributed by atoms with Crippen LogP contribution in [-0.4, -0.2) is 12.1 Å². The Bertz CT molecular complexity index is 853. The van der Waals surface area contributed by atoms with E-state index in [1.165, 1.54) is 0 Å². The van der Waals surface area contributed by atoms with Crippen LogP contribution < -0.4 is 9.47 Å². The molecule has 3 rings (SSSR count). The number of nitrogens with zero attached hydrogens (tertiary/aromatic N) is 1. The largest absolute Gasteiger partial charge is 0.495 e. The van der Waals surface area contributed by atoms with E-state index in [9.17, 15) is 0 Å². The molecule has 0 aliphatic rings. The van der Waals surface area contributed by atoms with Gasteiger partial charge in [-0.25, -0.2) is 0 Å². The van der Waals surface area contributed by atoms with Gasteiger partial charge in [-0.05, 0) is 34.5 Å². The maximum atomic E-state index is 6.26. The van der Waals surface area contributed by atoms with Crippen LogP contribution in [0, 0.1) is 6.92 Å². The van der Waals surface area contributed by atoms with E-state index in [1.807, 2.05) is 49.4 Å². The molecule has 23 heavy (non-hydrogen) atoms. The first-order valence-electron chi connectivity index (χ1n) is 7.10. The van der Waals surface area contributed by atoms with E-state index < -0.39 is 0 Å². The van der Waals surface area contributed by atoms with Crippen LogP contribution in [0.25, 0.3) is 10.9 Å². The highest BCUT2D eigenvalue weighted by atomic mass is 79.9. The van der Waals surface area contributed by atoms with E-state index >= 15 is 0 Å². The second-order valence-electron chi connectivity index (χ2n) is 5.12. The molecule has 0 atom stereocenters. The van der Waals surface area contributed by atoms with Crippen LogP contribution in [0.3, 0.4) is 0 Å². The summed E-state index contributed by atoms with van der Waals surface area (Å²) < 4.78 is 12.2. The first-order valence-corrected chi connectivity index (χ1v) is 8.27. The first kappa shape index (κ1) is 16.1. The second-order valence-corrected chi connectivity index (χ2v) is 6.32. The topological polar surface area (TPSA) is 31.4 Å². The maximum Gasteiger partial charge on any atom is 0.145 e. The number of aryl methyl sites for hydroxylation is 1. The van der Waals surface area contributed by atoms with Crippen molar-refractivity contribution >= 4 is 38.4 Å². The Kier molecular flexibility index (Phi) is 4.74. The molecule has 0 saturated carbocycles. The number of ether oxygens (including phenoxy) is 2. The van der Waals surface area contributed by atoms with Gasteiger partial charge in [-0.2, -0.15) is 0 Å². The molecule has 0 spiro atoms. The summed E-state index contributed by atoms with van der Waals surface area (Å²) in [6.45, 7) is 2.40. The molecule has 0 N–H and O–H groups in total. The van der Waals surface area contributed by atoms with Gasteiger partial charge in [0.1, 0.15) is 18.1 Å². The highest BCUT2D eigenvalue weighted by Crippen LogP contribution is 2.39. The Morgan fingerprint density at radius 1 is 1.17 bits per heavy atom. The minimum absolute atomic E-state index is 0.474. The minimum atomic E-state index is 0.474. The normalized spacial score (nSPS) is 10.8. The lowest BCUT2D eigenvalue weighted by Gasteiger charge is -2.14. The number of fused-ring (bicyclic) bond motifs is 1. The molecule has 5 heteroatoms. The van der Waals surface area contributed by atoms with Gasteiger partial charge < -0.3 is 9.47 Å². The molecule has 1 heterocycles. The Morgan fingerprint density at radius 3 is 2.61 bits per heavy atom. The average molecular weight is 393 g/mol. The highest BCUT2D eigenvalue weighted by molar-refractivity contribution is 9.10. The van der Waals surface area contributed by atoms with Crippen LogP contribution in [0.4, 0.5) is 0 Å². The molecule has 0 fully saturated rings. The second kappa shape index (κ2) is 6.77. The summed E-state index contributed by atoms with van der Waals surface area (Å²) in [7, 11) is 1.59. The van der Waals surface area contributed by atoms with Crippen LogP contribution in [0.15, 0.2) is 46.9 Å². The molecular formula is C18H15BrClNO2. The predicted molar refractivity (Wildman–Crippen MR) is 96.5 cm³/mol. The maximum absolute atomic E-state index is 6.26. The monoisotopic (exact) mass is 391 g/mol. The first-order chi connectivity index (χ1) is 11.1. The van der Waals surface area contributed by atoms with Gasteiger partial charge in [-0.1, -0.05) is 41.9 Å². The van der Waals surface area contributed by atoms with E-state index in [-0.39, 0.29) is 0 Å². The molecule has 0 radical (unpaired) electrons. The number of rotatable bonds is 4. The Morgan fingerprint density at radius 2 is 1.91 bits per heavy atom. The molecule has 0 aliphatic carbocycles. The summed E-state index contributed by atoms with van der Waals surface area (Å²) in [5, 5.41) is 1.38. The van der Waals surface area contributed by atoms with Crippen molar-refractivity contribution in [3.63, 3.8) is 0 Å². The number of methoxy groups -OCH3 is 1. The standard InChI is InChI=1S/C18H15BrClNO2/c1-11-17(19)18(23-10-12-6-4-3-5-7-12)13-8-14(20)16(22-2)9-15(13)21-11/h3-9H,10H2,1-2H3. The van der Waals surface area contributed by atoms with Gasteiger partial charge in [0.25, 0.3) is 0 Å². The fourth-order valence-electron chi connectivity index (χ4n) is 2.36. The Hall–Kier alpha value is -1.78. The molecule has 0 amide bonds. The molecule has 0 unspecified atom stereocenters. The van der Waals surface area contributed by atoms with Gasteiger partial charge in [0.2, 0.25) is 0 Å².